The molecule has 0 saturated heterocycles. The Balaban J connectivity index is 0.00000109. The van der Waals surface area contributed by atoms with E-state index in [9.17, 15) is 4.79 Å². The molecule has 0 bridgehead atoms. The minimum atomic E-state index is -0.277. The van der Waals surface area contributed by atoms with E-state index in [1.807, 2.05) is 18.9 Å². The summed E-state index contributed by atoms with van der Waals surface area (Å²) in [5.41, 5.74) is 8.29. The lowest BCUT2D eigenvalue weighted by Gasteiger charge is -2.14. The third-order valence-corrected chi connectivity index (χ3v) is 3.58. The number of aromatic nitrogens is 3. The molecule has 25 heavy (non-hydrogen) atoms. The maximum absolute atomic E-state index is 12.4. The Morgan fingerprint density at radius 3 is 2.20 bits per heavy atom. The number of anilines is 1. The number of pyridine rings is 1. The largest absolute Gasteiger partial charge is 0.307 e. The second-order valence-corrected chi connectivity index (χ2v) is 5.21. The zero-order chi connectivity index (χ0) is 18.2. The second-order valence-electron chi connectivity index (χ2n) is 4.77. The Morgan fingerprint density at radius 2 is 1.60 bits per heavy atom. The van der Waals surface area contributed by atoms with Crippen LogP contribution in [0.2, 0.25) is 5.02 Å². The summed E-state index contributed by atoms with van der Waals surface area (Å²) in [6, 6.07) is 10.8. The highest BCUT2D eigenvalue weighted by atomic mass is 35.5. The molecule has 0 aliphatic rings. The highest BCUT2D eigenvalue weighted by Crippen LogP contribution is 2.33. The number of hydrogen-bond donors (Lipinski definition) is 3. The van der Waals surface area contributed by atoms with Gasteiger partial charge in [0.25, 0.3) is 5.56 Å². The van der Waals surface area contributed by atoms with Crippen LogP contribution in [0.1, 0.15) is 0 Å². The van der Waals surface area contributed by atoms with Crippen LogP contribution in [0.3, 0.4) is 0 Å². The maximum Gasteiger partial charge on any atom is 0.272 e. The van der Waals surface area contributed by atoms with Crippen LogP contribution in [0.25, 0.3) is 22.3 Å². The molecule has 0 unspecified atom stereocenters. The topological polar surface area (TPSA) is 99.8 Å². The third kappa shape index (κ3) is 4.09. The first kappa shape index (κ1) is 18.3. The van der Waals surface area contributed by atoms with Gasteiger partial charge in [0, 0.05) is 30.0 Å². The lowest BCUT2D eigenvalue weighted by Crippen LogP contribution is -2.21. The number of rotatable bonds is 4. The van der Waals surface area contributed by atoms with Crippen molar-refractivity contribution in [2.75, 3.05) is 12.5 Å². The highest BCUT2D eigenvalue weighted by molar-refractivity contribution is 6.30. The van der Waals surface area contributed by atoms with Crippen molar-refractivity contribution in [3.05, 3.63) is 64.2 Å². The van der Waals surface area contributed by atoms with Crippen LogP contribution in [-0.4, -0.2) is 29.0 Å². The summed E-state index contributed by atoms with van der Waals surface area (Å²) >= 11 is 5.95. The van der Waals surface area contributed by atoms with Crippen molar-refractivity contribution in [3.8, 4) is 22.3 Å². The summed E-state index contributed by atoms with van der Waals surface area (Å²) in [4.78, 5) is 24.5. The van der Waals surface area contributed by atoms with Gasteiger partial charge in [-0.2, -0.15) is 5.10 Å². The highest BCUT2D eigenvalue weighted by Gasteiger charge is 2.17. The molecule has 2 heterocycles. The van der Waals surface area contributed by atoms with E-state index in [0.29, 0.717) is 22.0 Å². The van der Waals surface area contributed by atoms with E-state index in [1.54, 1.807) is 43.7 Å². The number of nitrogens with zero attached hydrogens (tertiary/aromatic N) is 2. The average molecular weight is 358 g/mol. The minimum absolute atomic E-state index is 0.277. The van der Waals surface area contributed by atoms with Crippen LogP contribution in [0.5, 0.6) is 0 Å². The Morgan fingerprint density at radius 1 is 1.00 bits per heavy atom. The molecule has 3 rings (SSSR count). The van der Waals surface area contributed by atoms with Crippen molar-refractivity contribution >= 4 is 24.2 Å². The first-order valence-electron chi connectivity index (χ1n) is 7.21. The van der Waals surface area contributed by atoms with Crippen LogP contribution < -0.4 is 16.4 Å². The standard InChI is InChI=1S/C16H14ClN5O.CH2O/c1-18-20-15-13(11-6-8-19-9-7-11)14(16(23)22-21-15)10-2-4-12(17)5-3-10;1-2/h2-9,18H,1H3,(H,20,21)(H,22,23);1H2. The van der Waals surface area contributed by atoms with Crippen LogP contribution in [0, 0.1) is 0 Å². The first-order chi connectivity index (χ1) is 12.2. The van der Waals surface area contributed by atoms with Gasteiger partial charge in [-0.3, -0.25) is 9.78 Å². The lowest BCUT2D eigenvalue weighted by atomic mass is 9.97. The summed E-state index contributed by atoms with van der Waals surface area (Å²) in [5.74, 6) is 0.517. The molecule has 3 N–H and O–H groups in total. The molecule has 128 valence electrons. The average Bonchev–Trinajstić information content (AvgIpc) is 2.66. The molecule has 0 aliphatic carbocycles. The first-order valence-corrected chi connectivity index (χ1v) is 7.59. The van der Waals surface area contributed by atoms with Crippen molar-refractivity contribution in [3.63, 3.8) is 0 Å². The Bertz CT molecular complexity index is 882. The van der Waals surface area contributed by atoms with Gasteiger partial charge in [-0.1, -0.05) is 23.7 Å². The zero-order valence-corrected chi connectivity index (χ0v) is 14.2. The number of H-pyrrole nitrogens is 1. The predicted molar refractivity (Wildman–Crippen MR) is 98.3 cm³/mol. The predicted octanol–water partition coefficient (Wildman–Crippen LogP) is 2.51. The SMILES string of the molecule is C=O.CNNc1n[nH]c(=O)c(-c2ccc(Cl)cc2)c1-c1ccncc1. The fourth-order valence-corrected chi connectivity index (χ4v) is 2.48. The van der Waals surface area contributed by atoms with Gasteiger partial charge in [0.05, 0.1) is 5.56 Å². The molecule has 3 aromatic rings. The number of carbonyl (C=O) groups excluding carboxylic acids is 1. The molecular formula is C17H16ClN5O2. The fraction of sp³-hybridized carbons (Fsp3) is 0.0588. The van der Waals surface area contributed by atoms with Crippen LogP contribution >= 0.6 is 11.6 Å². The van der Waals surface area contributed by atoms with E-state index >= 15 is 0 Å². The Labute approximate surface area is 149 Å². The van der Waals surface area contributed by atoms with Gasteiger partial charge in [-0.25, -0.2) is 10.5 Å². The van der Waals surface area contributed by atoms with Gasteiger partial charge < -0.3 is 10.2 Å². The smallest absolute Gasteiger partial charge is 0.272 e. The van der Waals surface area contributed by atoms with Crippen molar-refractivity contribution < 1.29 is 4.79 Å². The zero-order valence-electron chi connectivity index (χ0n) is 13.4. The van der Waals surface area contributed by atoms with Gasteiger partial charge in [0.2, 0.25) is 0 Å². The van der Waals surface area contributed by atoms with E-state index in [4.69, 9.17) is 16.4 Å². The molecule has 0 atom stereocenters. The van der Waals surface area contributed by atoms with Crippen LogP contribution in [0.15, 0.2) is 53.6 Å². The normalized spacial score (nSPS) is 9.84. The summed E-state index contributed by atoms with van der Waals surface area (Å²) in [6.07, 6.45) is 3.34. The van der Waals surface area contributed by atoms with Crippen molar-refractivity contribution in [2.45, 2.75) is 0 Å². The van der Waals surface area contributed by atoms with E-state index in [2.05, 4.69) is 26.0 Å². The van der Waals surface area contributed by atoms with Gasteiger partial charge in [0.1, 0.15) is 6.79 Å². The molecule has 0 aliphatic heterocycles. The van der Waals surface area contributed by atoms with E-state index in [-0.39, 0.29) is 5.56 Å². The lowest BCUT2D eigenvalue weighted by molar-refractivity contribution is -0.0979. The quantitative estimate of drug-likeness (QED) is 0.620. The molecule has 0 radical (unpaired) electrons. The number of hydrogen-bond acceptors (Lipinski definition) is 6. The van der Waals surface area contributed by atoms with Crippen molar-refractivity contribution in [2.24, 2.45) is 0 Å². The van der Waals surface area contributed by atoms with Crippen molar-refractivity contribution in [1.29, 1.82) is 0 Å². The van der Waals surface area contributed by atoms with Gasteiger partial charge in [-0.15, -0.1) is 0 Å². The van der Waals surface area contributed by atoms with Gasteiger partial charge in [-0.05, 0) is 35.4 Å². The molecule has 7 nitrogen and oxygen atoms in total. The maximum atomic E-state index is 12.4. The summed E-state index contributed by atoms with van der Waals surface area (Å²) in [5, 5.41) is 7.22. The Kier molecular flexibility index (Phi) is 6.39. The van der Waals surface area contributed by atoms with Crippen LogP contribution in [-0.2, 0) is 4.79 Å². The molecule has 0 spiro atoms. The molecule has 2 aromatic heterocycles. The molecule has 8 heteroatoms. The van der Waals surface area contributed by atoms with E-state index in [1.165, 1.54) is 0 Å². The van der Waals surface area contributed by atoms with Crippen molar-refractivity contribution in [1.82, 2.24) is 20.6 Å². The van der Waals surface area contributed by atoms with E-state index < -0.39 is 0 Å². The third-order valence-electron chi connectivity index (χ3n) is 3.33. The number of hydrazine groups is 1. The number of halogens is 1. The molecule has 0 amide bonds. The fourth-order valence-electron chi connectivity index (χ4n) is 2.35. The number of benzene rings is 1. The number of aromatic amines is 1. The Hall–Kier alpha value is -3.03. The number of carbonyl (C=O) groups is 1. The summed E-state index contributed by atoms with van der Waals surface area (Å²) in [6.45, 7) is 2.00. The molecule has 1 aromatic carbocycles. The number of nitrogens with one attached hydrogen (secondary N) is 3. The summed E-state index contributed by atoms with van der Waals surface area (Å²) < 4.78 is 0. The molecular weight excluding hydrogens is 342 g/mol. The summed E-state index contributed by atoms with van der Waals surface area (Å²) in [7, 11) is 1.73. The second kappa shape index (κ2) is 8.72. The molecule has 0 saturated carbocycles. The minimum Gasteiger partial charge on any atom is -0.307 e. The monoisotopic (exact) mass is 357 g/mol. The molecule has 0 fully saturated rings. The van der Waals surface area contributed by atoms with Gasteiger partial charge in [0.15, 0.2) is 5.82 Å². The van der Waals surface area contributed by atoms with E-state index in [0.717, 1.165) is 11.1 Å². The van der Waals surface area contributed by atoms with Crippen LogP contribution in [0.4, 0.5) is 5.82 Å². The van der Waals surface area contributed by atoms with Gasteiger partial charge >= 0.3 is 0 Å².